The number of hydrogen-bond acceptors (Lipinski definition) is 3. The summed E-state index contributed by atoms with van der Waals surface area (Å²) in [6.07, 6.45) is 3.99. The number of anilines is 1. The fraction of sp³-hybridized carbons (Fsp3) is 0.611. The summed E-state index contributed by atoms with van der Waals surface area (Å²) in [4.78, 5) is 14.9. The average molecular weight is 302 g/mol. The molecule has 3 rings (SSSR count). The van der Waals surface area contributed by atoms with Crippen LogP contribution < -0.4 is 10.1 Å². The summed E-state index contributed by atoms with van der Waals surface area (Å²) in [5.74, 6) is 1.96. The Morgan fingerprint density at radius 3 is 3.00 bits per heavy atom. The van der Waals surface area contributed by atoms with Gasteiger partial charge in [-0.2, -0.15) is 0 Å². The minimum atomic E-state index is 0.122. The van der Waals surface area contributed by atoms with Crippen molar-refractivity contribution in [2.75, 3.05) is 31.6 Å². The number of benzene rings is 1. The summed E-state index contributed by atoms with van der Waals surface area (Å²) < 4.78 is 5.92. The molecule has 0 unspecified atom stereocenters. The highest BCUT2D eigenvalue weighted by atomic mass is 16.5. The second-order valence-corrected chi connectivity index (χ2v) is 6.50. The number of rotatable bonds is 2. The fourth-order valence-electron chi connectivity index (χ4n) is 3.73. The van der Waals surface area contributed by atoms with E-state index in [1.807, 2.05) is 24.3 Å². The highest BCUT2D eigenvalue weighted by Crippen LogP contribution is 2.32. The van der Waals surface area contributed by atoms with Gasteiger partial charge in [0.2, 0.25) is 5.91 Å². The van der Waals surface area contributed by atoms with E-state index in [0.717, 1.165) is 44.0 Å². The molecule has 2 aliphatic rings. The van der Waals surface area contributed by atoms with Crippen LogP contribution in [0.4, 0.5) is 5.69 Å². The number of likely N-dealkylation sites (tertiary alicyclic amines) is 1. The Balaban J connectivity index is 1.72. The van der Waals surface area contributed by atoms with Crippen LogP contribution in [0, 0.1) is 11.8 Å². The number of fused-ring (bicyclic) bond motifs is 2. The molecule has 0 aliphatic carbocycles. The first-order chi connectivity index (χ1) is 10.8. The summed E-state index contributed by atoms with van der Waals surface area (Å²) in [6, 6.07) is 7.72. The summed E-state index contributed by atoms with van der Waals surface area (Å²) in [5, 5.41) is 3.02. The van der Waals surface area contributed by atoms with Crippen LogP contribution in [0.3, 0.4) is 0 Å². The molecule has 1 amide bonds. The number of carbonyl (C=O) groups is 1. The van der Waals surface area contributed by atoms with Crippen molar-refractivity contribution in [2.24, 2.45) is 11.8 Å². The number of para-hydroxylation sites is 2. The standard InChI is InChI=1S/C18H26N2O2/c1-2-9-20-10-7-14-12-18(21)19-16-5-3-4-6-17(16)22-11-8-15(14)13-20/h3-6,14-15H,2,7-13H2,1H3,(H,19,21)/t14-,15-/m0/s1. The summed E-state index contributed by atoms with van der Waals surface area (Å²) >= 11 is 0. The molecule has 0 saturated carbocycles. The van der Waals surface area contributed by atoms with Crippen molar-refractivity contribution in [3.8, 4) is 5.75 Å². The molecule has 2 heterocycles. The molecule has 22 heavy (non-hydrogen) atoms. The van der Waals surface area contributed by atoms with Gasteiger partial charge >= 0.3 is 0 Å². The minimum absolute atomic E-state index is 0.122. The summed E-state index contributed by atoms with van der Waals surface area (Å²) in [5.41, 5.74) is 0.800. The van der Waals surface area contributed by atoms with Gasteiger partial charge in [0.15, 0.2) is 0 Å². The first-order valence-electron chi connectivity index (χ1n) is 8.50. The molecular weight excluding hydrogens is 276 g/mol. The van der Waals surface area contributed by atoms with E-state index in [1.165, 1.54) is 13.0 Å². The van der Waals surface area contributed by atoms with Gasteiger partial charge in [-0.25, -0.2) is 0 Å². The first-order valence-corrected chi connectivity index (χ1v) is 8.50. The topological polar surface area (TPSA) is 41.6 Å². The van der Waals surface area contributed by atoms with Gasteiger partial charge in [-0.05, 0) is 56.3 Å². The van der Waals surface area contributed by atoms with Gasteiger partial charge in [-0.15, -0.1) is 0 Å². The zero-order valence-electron chi connectivity index (χ0n) is 13.4. The average Bonchev–Trinajstić information content (AvgIpc) is 2.51. The third-order valence-corrected chi connectivity index (χ3v) is 4.87. The highest BCUT2D eigenvalue weighted by Gasteiger charge is 2.31. The highest BCUT2D eigenvalue weighted by molar-refractivity contribution is 5.92. The Kier molecular flexibility index (Phi) is 4.98. The predicted octanol–water partition coefficient (Wildman–Crippen LogP) is 3.15. The molecule has 1 saturated heterocycles. The largest absolute Gasteiger partial charge is 0.491 e. The SMILES string of the molecule is CCCN1CC[C@H]2CC(=O)Nc3ccccc3OCC[C@H]2C1. The van der Waals surface area contributed by atoms with Crippen LogP contribution in [0.15, 0.2) is 24.3 Å². The quantitative estimate of drug-likeness (QED) is 0.912. The molecule has 0 aromatic heterocycles. The van der Waals surface area contributed by atoms with E-state index in [4.69, 9.17) is 4.74 Å². The van der Waals surface area contributed by atoms with E-state index in [2.05, 4.69) is 17.1 Å². The second kappa shape index (κ2) is 7.14. The van der Waals surface area contributed by atoms with Crippen LogP contribution in [-0.4, -0.2) is 37.0 Å². The van der Waals surface area contributed by atoms with E-state index in [1.54, 1.807) is 0 Å². The lowest BCUT2D eigenvalue weighted by Crippen LogP contribution is -2.42. The number of nitrogens with one attached hydrogen (secondary N) is 1. The maximum absolute atomic E-state index is 12.3. The number of carbonyl (C=O) groups excluding carboxylic acids is 1. The number of amides is 1. The molecule has 1 aromatic carbocycles. The van der Waals surface area contributed by atoms with E-state index in [9.17, 15) is 4.79 Å². The number of piperidine rings is 1. The van der Waals surface area contributed by atoms with E-state index in [0.29, 0.717) is 18.3 Å². The van der Waals surface area contributed by atoms with Crippen molar-refractivity contribution >= 4 is 11.6 Å². The first kappa shape index (κ1) is 15.3. The maximum Gasteiger partial charge on any atom is 0.224 e. The fourth-order valence-corrected chi connectivity index (χ4v) is 3.73. The van der Waals surface area contributed by atoms with Gasteiger partial charge in [0.25, 0.3) is 0 Å². The molecule has 1 fully saturated rings. The molecule has 1 aromatic rings. The molecule has 120 valence electrons. The number of nitrogens with zero attached hydrogens (tertiary/aromatic N) is 1. The Bertz CT molecular complexity index is 518. The smallest absolute Gasteiger partial charge is 0.224 e. The summed E-state index contributed by atoms with van der Waals surface area (Å²) in [6.45, 7) is 6.36. The number of hydrogen-bond donors (Lipinski definition) is 1. The zero-order valence-corrected chi connectivity index (χ0v) is 13.4. The Labute approximate surface area is 132 Å². The third-order valence-electron chi connectivity index (χ3n) is 4.87. The van der Waals surface area contributed by atoms with Crippen LogP contribution in [0.2, 0.25) is 0 Å². The van der Waals surface area contributed by atoms with E-state index < -0.39 is 0 Å². The van der Waals surface area contributed by atoms with Crippen molar-refractivity contribution < 1.29 is 9.53 Å². The van der Waals surface area contributed by atoms with Gasteiger partial charge in [-0.1, -0.05) is 19.1 Å². The molecule has 0 bridgehead atoms. The third kappa shape index (κ3) is 3.61. The molecule has 4 nitrogen and oxygen atoms in total. The van der Waals surface area contributed by atoms with Crippen LogP contribution in [0.5, 0.6) is 5.75 Å². The second-order valence-electron chi connectivity index (χ2n) is 6.50. The van der Waals surface area contributed by atoms with Crippen LogP contribution >= 0.6 is 0 Å². The van der Waals surface area contributed by atoms with Crippen LogP contribution in [0.1, 0.15) is 32.6 Å². The Morgan fingerprint density at radius 2 is 2.14 bits per heavy atom. The summed E-state index contributed by atoms with van der Waals surface area (Å²) in [7, 11) is 0. The molecule has 2 atom stereocenters. The van der Waals surface area contributed by atoms with Crippen LogP contribution in [0.25, 0.3) is 0 Å². The van der Waals surface area contributed by atoms with Crippen molar-refractivity contribution in [1.82, 2.24) is 4.90 Å². The zero-order chi connectivity index (χ0) is 15.4. The normalized spacial score (nSPS) is 26.3. The lowest BCUT2D eigenvalue weighted by atomic mass is 9.81. The number of ether oxygens (including phenoxy) is 1. The van der Waals surface area contributed by atoms with Gasteiger partial charge in [0, 0.05) is 13.0 Å². The monoisotopic (exact) mass is 302 g/mol. The lowest BCUT2D eigenvalue weighted by Gasteiger charge is -2.39. The van der Waals surface area contributed by atoms with Crippen molar-refractivity contribution in [1.29, 1.82) is 0 Å². The lowest BCUT2D eigenvalue weighted by molar-refractivity contribution is -0.118. The molecule has 2 aliphatic heterocycles. The molecule has 0 radical (unpaired) electrons. The maximum atomic E-state index is 12.3. The molecule has 1 N–H and O–H groups in total. The van der Waals surface area contributed by atoms with Gasteiger partial charge in [-0.3, -0.25) is 4.79 Å². The Hall–Kier alpha value is -1.55. The van der Waals surface area contributed by atoms with Crippen molar-refractivity contribution in [3.63, 3.8) is 0 Å². The molecular formula is C18H26N2O2. The van der Waals surface area contributed by atoms with Crippen molar-refractivity contribution in [3.05, 3.63) is 24.3 Å². The van der Waals surface area contributed by atoms with E-state index >= 15 is 0 Å². The van der Waals surface area contributed by atoms with Gasteiger partial charge in [0.05, 0.1) is 12.3 Å². The van der Waals surface area contributed by atoms with Crippen LogP contribution in [-0.2, 0) is 4.79 Å². The predicted molar refractivity (Wildman–Crippen MR) is 88.1 cm³/mol. The van der Waals surface area contributed by atoms with Crippen molar-refractivity contribution in [2.45, 2.75) is 32.6 Å². The van der Waals surface area contributed by atoms with E-state index in [-0.39, 0.29) is 5.91 Å². The minimum Gasteiger partial charge on any atom is -0.491 e. The Morgan fingerprint density at radius 1 is 1.27 bits per heavy atom. The van der Waals surface area contributed by atoms with Gasteiger partial charge in [0.1, 0.15) is 5.75 Å². The van der Waals surface area contributed by atoms with Gasteiger partial charge < -0.3 is 15.0 Å². The molecule has 4 heteroatoms. The molecule has 0 spiro atoms.